The predicted molar refractivity (Wildman–Crippen MR) is 96.0 cm³/mol. The minimum absolute atomic E-state index is 0.216. The van der Waals surface area contributed by atoms with Crippen LogP contribution in [0, 0.1) is 0 Å². The molecule has 3 aromatic rings. The maximum absolute atomic E-state index is 12.3. The smallest absolute Gasteiger partial charge is 0.253 e. The second kappa shape index (κ2) is 8.06. The fourth-order valence-electron chi connectivity index (χ4n) is 2.41. The number of benzene rings is 1. The first kappa shape index (κ1) is 17.3. The molecule has 0 aliphatic heterocycles. The standard InChI is InChI=1S/C19H18N4O3/c1-25-16-5-3-13(18(7-16)26-2)10-23-19(24)14-4-6-17(22-11-14)15-8-20-12-21-9-15/h3-9,11-12H,10H2,1-2H3,(H,23,24). The van der Waals surface area contributed by atoms with Gasteiger partial charge in [0.25, 0.3) is 5.91 Å². The number of amides is 1. The Morgan fingerprint density at radius 2 is 1.85 bits per heavy atom. The van der Waals surface area contributed by atoms with Gasteiger partial charge >= 0.3 is 0 Å². The average molecular weight is 350 g/mol. The van der Waals surface area contributed by atoms with E-state index in [4.69, 9.17) is 9.47 Å². The molecule has 26 heavy (non-hydrogen) atoms. The number of nitrogens with one attached hydrogen (secondary N) is 1. The number of rotatable bonds is 6. The number of methoxy groups -OCH3 is 2. The lowest BCUT2D eigenvalue weighted by Gasteiger charge is -2.11. The lowest BCUT2D eigenvalue weighted by atomic mass is 10.1. The normalized spacial score (nSPS) is 10.2. The van der Waals surface area contributed by atoms with Gasteiger partial charge in [-0.2, -0.15) is 0 Å². The van der Waals surface area contributed by atoms with Gasteiger partial charge in [-0.3, -0.25) is 9.78 Å². The molecular formula is C19H18N4O3. The summed E-state index contributed by atoms with van der Waals surface area (Å²) < 4.78 is 10.5. The predicted octanol–water partition coefficient (Wildman–Crippen LogP) is 2.49. The zero-order valence-corrected chi connectivity index (χ0v) is 14.5. The van der Waals surface area contributed by atoms with E-state index in [1.165, 1.54) is 12.5 Å². The maximum atomic E-state index is 12.3. The van der Waals surface area contributed by atoms with Crippen LogP contribution >= 0.6 is 0 Å². The van der Waals surface area contributed by atoms with Crippen molar-refractivity contribution in [3.05, 3.63) is 66.4 Å². The van der Waals surface area contributed by atoms with Crippen LogP contribution in [0.4, 0.5) is 0 Å². The van der Waals surface area contributed by atoms with Gasteiger partial charge in [-0.15, -0.1) is 0 Å². The summed E-state index contributed by atoms with van der Waals surface area (Å²) in [6, 6.07) is 8.94. The van der Waals surface area contributed by atoms with Crippen LogP contribution in [0.5, 0.6) is 11.5 Å². The van der Waals surface area contributed by atoms with Gasteiger partial charge in [-0.05, 0) is 24.3 Å². The molecule has 2 heterocycles. The molecule has 0 atom stereocenters. The van der Waals surface area contributed by atoms with E-state index in [-0.39, 0.29) is 5.91 Å². The highest BCUT2D eigenvalue weighted by Gasteiger charge is 2.10. The van der Waals surface area contributed by atoms with Crippen molar-refractivity contribution < 1.29 is 14.3 Å². The minimum Gasteiger partial charge on any atom is -0.497 e. The third kappa shape index (κ3) is 3.94. The summed E-state index contributed by atoms with van der Waals surface area (Å²) in [5.41, 5.74) is 2.83. The summed E-state index contributed by atoms with van der Waals surface area (Å²) in [4.78, 5) is 24.6. The summed E-state index contributed by atoms with van der Waals surface area (Å²) in [7, 11) is 3.17. The van der Waals surface area contributed by atoms with E-state index in [1.807, 2.05) is 12.1 Å². The lowest BCUT2D eigenvalue weighted by molar-refractivity contribution is 0.0950. The number of aromatic nitrogens is 3. The Hall–Kier alpha value is -3.48. The van der Waals surface area contributed by atoms with Gasteiger partial charge in [-0.25, -0.2) is 9.97 Å². The van der Waals surface area contributed by atoms with E-state index < -0.39 is 0 Å². The van der Waals surface area contributed by atoms with Crippen molar-refractivity contribution in [3.63, 3.8) is 0 Å². The summed E-state index contributed by atoms with van der Waals surface area (Å²) in [5.74, 6) is 1.13. The Kier molecular flexibility index (Phi) is 5.38. The molecule has 0 saturated heterocycles. The van der Waals surface area contributed by atoms with Crippen LogP contribution in [0.15, 0.2) is 55.2 Å². The van der Waals surface area contributed by atoms with Crippen molar-refractivity contribution in [2.75, 3.05) is 14.2 Å². The Bertz CT molecular complexity index is 883. The first-order chi connectivity index (χ1) is 12.7. The fraction of sp³-hybridized carbons (Fsp3) is 0.158. The summed E-state index contributed by atoms with van der Waals surface area (Å²) in [6.45, 7) is 0.334. The second-order valence-electron chi connectivity index (χ2n) is 5.42. The quantitative estimate of drug-likeness (QED) is 0.735. The molecular weight excluding hydrogens is 332 g/mol. The molecule has 132 valence electrons. The molecule has 7 nitrogen and oxygen atoms in total. The molecule has 2 aromatic heterocycles. The number of nitrogens with zero attached hydrogens (tertiary/aromatic N) is 3. The van der Waals surface area contributed by atoms with Crippen LogP contribution in [-0.4, -0.2) is 35.1 Å². The second-order valence-corrected chi connectivity index (χ2v) is 5.42. The van der Waals surface area contributed by atoms with E-state index in [2.05, 4.69) is 20.3 Å². The molecule has 1 amide bonds. The molecule has 1 aromatic carbocycles. The zero-order valence-electron chi connectivity index (χ0n) is 14.5. The number of hydrogen-bond acceptors (Lipinski definition) is 6. The highest BCUT2D eigenvalue weighted by atomic mass is 16.5. The van der Waals surface area contributed by atoms with Crippen LogP contribution < -0.4 is 14.8 Å². The Morgan fingerprint density at radius 1 is 1.04 bits per heavy atom. The highest BCUT2D eigenvalue weighted by molar-refractivity contribution is 5.94. The van der Waals surface area contributed by atoms with Crippen molar-refractivity contribution in [2.45, 2.75) is 6.54 Å². The largest absolute Gasteiger partial charge is 0.497 e. The number of carbonyl (C=O) groups is 1. The average Bonchev–Trinajstić information content (AvgIpc) is 2.72. The van der Waals surface area contributed by atoms with Crippen molar-refractivity contribution in [1.82, 2.24) is 20.3 Å². The van der Waals surface area contributed by atoms with Gasteiger partial charge in [0.05, 0.1) is 25.5 Å². The Balaban J connectivity index is 1.67. The van der Waals surface area contributed by atoms with E-state index in [0.717, 1.165) is 11.1 Å². The number of ether oxygens (including phenoxy) is 2. The van der Waals surface area contributed by atoms with E-state index in [9.17, 15) is 4.79 Å². The summed E-state index contributed by atoms with van der Waals surface area (Å²) in [5, 5.41) is 2.86. The van der Waals surface area contributed by atoms with E-state index >= 15 is 0 Å². The SMILES string of the molecule is COc1ccc(CNC(=O)c2ccc(-c3cncnc3)nc2)c(OC)c1. The summed E-state index contributed by atoms with van der Waals surface area (Å²) >= 11 is 0. The Labute approximate surface area is 151 Å². The first-order valence-corrected chi connectivity index (χ1v) is 7.92. The van der Waals surface area contributed by atoms with E-state index in [1.54, 1.807) is 44.8 Å². The molecule has 0 radical (unpaired) electrons. The van der Waals surface area contributed by atoms with Gasteiger partial charge in [0.2, 0.25) is 0 Å². The van der Waals surface area contributed by atoms with Crippen LogP contribution in [0.25, 0.3) is 11.3 Å². The number of carbonyl (C=O) groups excluding carboxylic acids is 1. The molecule has 0 bridgehead atoms. The molecule has 0 unspecified atom stereocenters. The van der Waals surface area contributed by atoms with Crippen LogP contribution in [0.3, 0.4) is 0 Å². The number of hydrogen-bond donors (Lipinski definition) is 1. The third-order valence-electron chi connectivity index (χ3n) is 3.82. The fourth-order valence-corrected chi connectivity index (χ4v) is 2.41. The van der Waals surface area contributed by atoms with Crippen LogP contribution in [0.2, 0.25) is 0 Å². The van der Waals surface area contributed by atoms with Gasteiger partial charge in [0.1, 0.15) is 17.8 Å². The van der Waals surface area contributed by atoms with Crippen LogP contribution in [-0.2, 0) is 6.54 Å². The molecule has 1 N–H and O–H groups in total. The van der Waals surface area contributed by atoms with Crippen LogP contribution in [0.1, 0.15) is 15.9 Å². The molecule has 7 heteroatoms. The minimum atomic E-state index is -0.216. The van der Waals surface area contributed by atoms with Gasteiger partial charge in [0, 0.05) is 42.3 Å². The monoisotopic (exact) mass is 350 g/mol. The van der Waals surface area contributed by atoms with Gasteiger partial charge in [0.15, 0.2) is 0 Å². The lowest BCUT2D eigenvalue weighted by Crippen LogP contribution is -2.23. The molecule has 0 aliphatic rings. The molecule has 3 rings (SSSR count). The summed E-state index contributed by atoms with van der Waals surface area (Å²) in [6.07, 6.45) is 6.33. The zero-order chi connectivity index (χ0) is 18.4. The molecule has 0 fully saturated rings. The van der Waals surface area contributed by atoms with E-state index in [0.29, 0.717) is 29.3 Å². The molecule has 0 saturated carbocycles. The maximum Gasteiger partial charge on any atom is 0.253 e. The van der Waals surface area contributed by atoms with Gasteiger partial charge < -0.3 is 14.8 Å². The van der Waals surface area contributed by atoms with Crippen molar-refractivity contribution in [1.29, 1.82) is 0 Å². The number of pyridine rings is 1. The topological polar surface area (TPSA) is 86.2 Å². The first-order valence-electron chi connectivity index (χ1n) is 7.92. The van der Waals surface area contributed by atoms with Crippen molar-refractivity contribution in [2.24, 2.45) is 0 Å². The third-order valence-corrected chi connectivity index (χ3v) is 3.82. The van der Waals surface area contributed by atoms with Crippen molar-refractivity contribution in [3.8, 4) is 22.8 Å². The highest BCUT2D eigenvalue weighted by Crippen LogP contribution is 2.24. The molecule has 0 spiro atoms. The van der Waals surface area contributed by atoms with Crippen molar-refractivity contribution >= 4 is 5.91 Å². The Morgan fingerprint density at radius 3 is 2.50 bits per heavy atom. The van der Waals surface area contributed by atoms with Gasteiger partial charge in [-0.1, -0.05) is 0 Å². The molecule has 0 aliphatic carbocycles.